The van der Waals surface area contributed by atoms with E-state index in [2.05, 4.69) is 38.0 Å². The molecule has 0 aliphatic rings. The van der Waals surface area contributed by atoms with E-state index in [0.29, 0.717) is 17.4 Å². The third-order valence-corrected chi connectivity index (χ3v) is 3.33. The number of pyridine rings is 1. The number of hydrogen-bond acceptors (Lipinski definition) is 2. The molecule has 18 heavy (non-hydrogen) atoms. The van der Waals surface area contributed by atoms with Crippen LogP contribution in [0.25, 0.3) is 0 Å². The first-order valence-electron chi connectivity index (χ1n) is 6.60. The van der Waals surface area contributed by atoms with E-state index < -0.39 is 0 Å². The molecule has 0 saturated heterocycles. The maximum atomic E-state index is 12.1. The molecular formula is C15H24N2O. The number of nitrogens with one attached hydrogen (secondary N) is 1. The molecule has 1 rings (SSSR count). The third kappa shape index (κ3) is 3.56. The predicted molar refractivity (Wildman–Crippen MR) is 74.8 cm³/mol. The van der Waals surface area contributed by atoms with Gasteiger partial charge in [-0.2, -0.15) is 0 Å². The van der Waals surface area contributed by atoms with E-state index in [1.54, 1.807) is 6.20 Å². The Labute approximate surface area is 110 Å². The Morgan fingerprint density at radius 1 is 1.22 bits per heavy atom. The summed E-state index contributed by atoms with van der Waals surface area (Å²) in [6, 6.07) is 2.17. The molecule has 0 radical (unpaired) electrons. The summed E-state index contributed by atoms with van der Waals surface area (Å²) in [5.74, 6) is 0.782. The first-order chi connectivity index (χ1) is 8.32. The van der Waals surface area contributed by atoms with Crippen LogP contribution in [-0.2, 0) is 0 Å². The molecule has 0 saturated carbocycles. The van der Waals surface area contributed by atoms with Crippen molar-refractivity contribution in [1.29, 1.82) is 0 Å². The fraction of sp³-hybridized carbons (Fsp3) is 0.600. The summed E-state index contributed by atoms with van der Waals surface area (Å²) in [6.07, 6.45) is 1.69. The first-order valence-corrected chi connectivity index (χ1v) is 6.60. The number of aryl methyl sites for hydroxylation is 1. The van der Waals surface area contributed by atoms with Crippen molar-refractivity contribution >= 4 is 5.91 Å². The van der Waals surface area contributed by atoms with Gasteiger partial charge < -0.3 is 5.32 Å². The second-order valence-electron chi connectivity index (χ2n) is 5.58. The van der Waals surface area contributed by atoms with Crippen LogP contribution in [0.2, 0.25) is 0 Å². The number of nitrogens with zero attached hydrogens (tertiary/aromatic N) is 1. The Kier molecular flexibility index (Phi) is 4.88. The number of amides is 1. The van der Waals surface area contributed by atoms with Gasteiger partial charge in [0.15, 0.2) is 0 Å². The molecule has 1 N–H and O–H groups in total. The molecule has 3 nitrogen and oxygen atoms in total. The topological polar surface area (TPSA) is 42.0 Å². The summed E-state index contributed by atoms with van der Waals surface area (Å²) in [5.41, 5.74) is 2.69. The van der Waals surface area contributed by atoms with E-state index in [9.17, 15) is 4.79 Å². The van der Waals surface area contributed by atoms with Crippen molar-refractivity contribution < 1.29 is 4.79 Å². The fourth-order valence-corrected chi connectivity index (χ4v) is 1.58. The molecule has 1 aromatic rings. The third-order valence-electron chi connectivity index (χ3n) is 3.33. The smallest absolute Gasteiger partial charge is 0.253 e. The molecule has 0 aliphatic carbocycles. The summed E-state index contributed by atoms with van der Waals surface area (Å²) in [6.45, 7) is 12.4. The van der Waals surface area contributed by atoms with E-state index in [0.717, 1.165) is 11.3 Å². The van der Waals surface area contributed by atoms with E-state index in [4.69, 9.17) is 0 Å². The van der Waals surface area contributed by atoms with Gasteiger partial charge in [0.25, 0.3) is 5.91 Å². The monoisotopic (exact) mass is 248 g/mol. The van der Waals surface area contributed by atoms with Gasteiger partial charge in [0.2, 0.25) is 0 Å². The minimum absolute atomic E-state index is 0.0310. The van der Waals surface area contributed by atoms with Crippen LogP contribution < -0.4 is 5.32 Å². The minimum Gasteiger partial charge on any atom is -0.349 e. The number of carbonyl (C=O) groups excluding carboxylic acids is 1. The second kappa shape index (κ2) is 5.98. The molecule has 0 aliphatic heterocycles. The predicted octanol–water partition coefficient (Wildman–Crippen LogP) is 3.29. The van der Waals surface area contributed by atoms with Crippen molar-refractivity contribution in [3.8, 4) is 0 Å². The molecule has 0 bridgehead atoms. The zero-order valence-corrected chi connectivity index (χ0v) is 12.2. The second-order valence-corrected chi connectivity index (χ2v) is 5.58. The zero-order valence-electron chi connectivity index (χ0n) is 12.2. The van der Waals surface area contributed by atoms with Crippen molar-refractivity contribution in [2.75, 3.05) is 0 Å². The molecular weight excluding hydrogens is 224 g/mol. The largest absolute Gasteiger partial charge is 0.349 e. The molecule has 1 atom stereocenters. The zero-order chi connectivity index (χ0) is 13.9. The van der Waals surface area contributed by atoms with Crippen LogP contribution in [0.4, 0.5) is 0 Å². The standard InChI is InChI=1S/C15H24N2O/c1-9(2)12(6)17-15(18)13-8-16-14(10(3)4)7-11(13)5/h7-10,12H,1-6H3,(H,17,18). The van der Waals surface area contributed by atoms with Gasteiger partial charge in [-0.05, 0) is 37.3 Å². The Hall–Kier alpha value is -1.38. The van der Waals surface area contributed by atoms with E-state index in [1.807, 2.05) is 19.9 Å². The summed E-state index contributed by atoms with van der Waals surface area (Å²) in [5, 5.41) is 3.01. The molecule has 3 heteroatoms. The maximum Gasteiger partial charge on any atom is 0.253 e. The van der Waals surface area contributed by atoms with Gasteiger partial charge >= 0.3 is 0 Å². The number of hydrogen-bond donors (Lipinski definition) is 1. The summed E-state index contributed by atoms with van der Waals surface area (Å²) >= 11 is 0. The van der Waals surface area contributed by atoms with Crippen LogP contribution in [0, 0.1) is 12.8 Å². The van der Waals surface area contributed by atoms with Crippen LogP contribution in [0.1, 0.15) is 62.2 Å². The van der Waals surface area contributed by atoms with Gasteiger partial charge in [-0.1, -0.05) is 27.7 Å². The highest BCUT2D eigenvalue weighted by atomic mass is 16.1. The lowest BCUT2D eigenvalue weighted by molar-refractivity contribution is 0.0929. The lowest BCUT2D eigenvalue weighted by Gasteiger charge is -2.18. The van der Waals surface area contributed by atoms with Crippen LogP contribution in [0.3, 0.4) is 0 Å². The molecule has 1 unspecified atom stereocenters. The number of carbonyl (C=O) groups is 1. The van der Waals surface area contributed by atoms with Gasteiger partial charge in [0.05, 0.1) is 5.56 Å². The Morgan fingerprint density at radius 3 is 2.28 bits per heavy atom. The van der Waals surface area contributed by atoms with Crippen molar-refractivity contribution in [2.24, 2.45) is 5.92 Å². The summed E-state index contributed by atoms with van der Waals surface area (Å²) < 4.78 is 0. The van der Waals surface area contributed by atoms with Gasteiger partial charge in [-0.25, -0.2) is 0 Å². The van der Waals surface area contributed by atoms with Gasteiger partial charge in [-0.15, -0.1) is 0 Å². The fourth-order valence-electron chi connectivity index (χ4n) is 1.58. The summed E-state index contributed by atoms with van der Waals surface area (Å²) in [7, 11) is 0. The highest BCUT2D eigenvalue weighted by molar-refractivity contribution is 5.95. The van der Waals surface area contributed by atoms with Crippen molar-refractivity contribution in [2.45, 2.75) is 53.5 Å². The Bertz CT molecular complexity index is 425. The quantitative estimate of drug-likeness (QED) is 0.888. The van der Waals surface area contributed by atoms with Crippen LogP contribution >= 0.6 is 0 Å². The highest BCUT2D eigenvalue weighted by Gasteiger charge is 2.15. The maximum absolute atomic E-state index is 12.1. The Balaban J connectivity index is 2.87. The highest BCUT2D eigenvalue weighted by Crippen LogP contribution is 2.15. The lowest BCUT2D eigenvalue weighted by Crippen LogP contribution is -2.36. The SMILES string of the molecule is Cc1cc(C(C)C)ncc1C(=O)NC(C)C(C)C. The number of rotatable bonds is 4. The molecule has 0 spiro atoms. The van der Waals surface area contributed by atoms with E-state index in [-0.39, 0.29) is 11.9 Å². The van der Waals surface area contributed by atoms with E-state index in [1.165, 1.54) is 0 Å². The van der Waals surface area contributed by atoms with Gasteiger partial charge in [0, 0.05) is 17.9 Å². The number of aromatic nitrogens is 1. The molecule has 1 heterocycles. The van der Waals surface area contributed by atoms with Gasteiger partial charge in [-0.3, -0.25) is 9.78 Å². The Morgan fingerprint density at radius 2 is 1.83 bits per heavy atom. The first kappa shape index (κ1) is 14.7. The van der Waals surface area contributed by atoms with Crippen LogP contribution in [0.15, 0.2) is 12.3 Å². The van der Waals surface area contributed by atoms with Crippen LogP contribution in [-0.4, -0.2) is 16.9 Å². The summed E-state index contributed by atoms with van der Waals surface area (Å²) in [4.78, 5) is 16.5. The van der Waals surface area contributed by atoms with E-state index >= 15 is 0 Å². The van der Waals surface area contributed by atoms with Crippen LogP contribution in [0.5, 0.6) is 0 Å². The van der Waals surface area contributed by atoms with Crippen molar-refractivity contribution in [1.82, 2.24) is 10.3 Å². The molecule has 1 aromatic heterocycles. The average Bonchev–Trinajstić information content (AvgIpc) is 2.28. The molecule has 100 valence electrons. The lowest BCUT2D eigenvalue weighted by atomic mass is 10.0. The molecule has 1 amide bonds. The normalized spacial score (nSPS) is 12.9. The molecule has 0 fully saturated rings. The minimum atomic E-state index is -0.0310. The van der Waals surface area contributed by atoms with Crippen molar-refractivity contribution in [3.63, 3.8) is 0 Å². The molecule has 0 aromatic carbocycles. The van der Waals surface area contributed by atoms with Crippen molar-refractivity contribution in [3.05, 3.63) is 29.1 Å². The van der Waals surface area contributed by atoms with Gasteiger partial charge in [0.1, 0.15) is 0 Å². The average molecular weight is 248 g/mol.